The van der Waals surface area contributed by atoms with E-state index in [1.807, 2.05) is 4.90 Å². The average molecular weight is 290 g/mol. The Bertz CT molecular complexity index is 412. The van der Waals surface area contributed by atoms with Crippen molar-refractivity contribution in [3.8, 4) is 0 Å². The summed E-state index contributed by atoms with van der Waals surface area (Å²) in [6.45, 7) is 2.13. The van der Waals surface area contributed by atoms with E-state index in [2.05, 4.69) is 20.3 Å². The molecule has 0 unspecified atom stereocenters. The van der Waals surface area contributed by atoms with Gasteiger partial charge < -0.3 is 25.2 Å². The van der Waals surface area contributed by atoms with E-state index in [1.54, 1.807) is 0 Å². The Balaban J connectivity index is 2.13. The normalized spacial score (nSPS) is 15.9. The smallest absolute Gasteiger partial charge is 0.231 e. The number of nitrogens with zero attached hydrogens (tertiary/aromatic N) is 4. The quantitative estimate of drug-likeness (QED) is 0.642. The molecule has 0 aromatic carbocycles. The summed E-state index contributed by atoms with van der Waals surface area (Å²) in [4.78, 5) is 14.1. The lowest BCUT2D eigenvalue weighted by Gasteiger charge is -2.27. The molecule has 0 bridgehead atoms. The van der Waals surface area contributed by atoms with Crippen molar-refractivity contribution < 1.29 is 14.9 Å². The van der Waals surface area contributed by atoms with E-state index < -0.39 is 6.04 Å². The standard InChI is InChI=1S/C10H16ClN5O3/c11-8-13-9(12-7(5-17)6-18)15-10(14-8)16-1-3-19-4-2-16/h7,17-18H,1-6H2,(H,12,13,14,15). The van der Waals surface area contributed by atoms with E-state index in [0.29, 0.717) is 32.3 Å². The van der Waals surface area contributed by atoms with Crippen LogP contribution in [-0.2, 0) is 4.74 Å². The van der Waals surface area contributed by atoms with Gasteiger partial charge in [-0.25, -0.2) is 0 Å². The van der Waals surface area contributed by atoms with Gasteiger partial charge in [-0.15, -0.1) is 0 Å². The second-order valence-electron chi connectivity index (χ2n) is 4.03. The van der Waals surface area contributed by atoms with Crippen molar-refractivity contribution in [2.24, 2.45) is 0 Å². The molecule has 1 saturated heterocycles. The average Bonchev–Trinajstić information content (AvgIpc) is 2.45. The Hall–Kier alpha value is -1.22. The summed E-state index contributed by atoms with van der Waals surface area (Å²) in [6.07, 6.45) is 0. The molecule has 1 aliphatic heterocycles. The Morgan fingerprint density at radius 1 is 1.21 bits per heavy atom. The molecule has 9 heteroatoms. The van der Waals surface area contributed by atoms with Gasteiger partial charge in [0.1, 0.15) is 0 Å². The van der Waals surface area contributed by atoms with Crippen LogP contribution < -0.4 is 10.2 Å². The highest BCUT2D eigenvalue weighted by Gasteiger charge is 2.17. The fourth-order valence-electron chi connectivity index (χ4n) is 1.64. The number of ether oxygens (including phenoxy) is 1. The number of anilines is 2. The molecule has 0 spiro atoms. The molecule has 2 rings (SSSR count). The Morgan fingerprint density at radius 2 is 1.89 bits per heavy atom. The molecule has 106 valence electrons. The Morgan fingerprint density at radius 3 is 2.53 bits per heavy atom. The van der Waals surface area contributed by atoms with Gasteiger partial charge in [0.2, 0.25) is 17.2 Å². The first kappa shape index (κ1) is 14.2. The van der Waals surface area contributed by atoms with Crippen molar-refractivity contribution in [1.82, 2.24) is 15.0 Å². The van der Waals surface area contributed by atoms with E-state index in [0.717, 1.165) is 0 Å². The fourth-order valence-corrected chi connectivity index (χ4v) is 1.80. The maximum Gasteiger partial charge on any atom is 0.231 e. The summed E-state index contributed by atoms with van der Waals surface area (Å²) in [5.74, 6) is 0.690. The third kappa shape index (κ3) is 3.87. The van der Waals surface area contributed by atoms with Crippen molar-refractivity contribution in [3.63, 3.8) is 0 Å². The zero-order chi connectivity index (χ0) is 13.7. The molecule has 0 atom stereocenters. The summed E-state index contributed by atoms with van der Waals surface area (Å²) < 4.78 is 5.25. The SMILES string of the molecule is OCC(CO)Nc1nc(Cl)nc(N2CCOCC2)n1. The summed E-state index contributed by atoms with van der Waals surface area (Å²) in [5.41, 5.74) is 0. The van der Waals surface area contributed by atoms with Crippen LogP contribution >= 0.6 is 11.6 Å². The van der Waals surface area contributed by atoms with E-state index in [1.165, 1.54) is 0 Å². The first-order valence-electron chi connectivity index (χ1n) is 5.95. The highest BCUT2D eigenvalue weighted by Crippen LogP contribution is 2.15. The summed E-state index contributed by atoms with van der Waals surface area (Å²) in [6, 6.07) is -0.531. The van der Waals surface area contributed by atoms with Gasteiger partial charge in [0, 0.05) is 13.1 Å². The molecule has 3 N–H and O–H groups in total. The molecule has 1 aromatic rings. The molecule has 0 radical (unpaired) electrons. The second-order valence-corrected chi connectivity index (χ2v) is 4.37. The second kappa shape index (κ2) is 6.80. The minimum Gasteiger partial charge on any atom is -0.394 e. The summed E-state index contributed by atoms with van der Waals surface area (Å²) in [7, 11) is 0. The van der Waals surface area contributed by atoms with E-state index in [-0.39, 0.29) is 24.4 Å². The highest BCUT2D eigenvalue weighted by atomic mass is 35.5. The minimum atomic E-state index is -0.531. The lowest BCUT2D eigenvalue weighted by atomic mass is 10.3. The summed E-state index contributed by atoms with van der Waals surface area (Å²) >= 11 is 5.85. The molecule has 8 nitrogen and oxygen atoms in total. The summed E-state index contributed by atoms with van der Waals surface area (Å²) in [5, 5.41) is 20.9. The number of morpholine rings is 1. The van der Waals surface area contributed by atoms with Gasteiger partial charge in [0.15, 0.2) is 0 Å². The van der Waals surface area contributed by atoms with Crippen LogP contribution in [0.3, 0.4) is 0 Å². The molecule has 1 aromatic heterocycles. The molecule has 0 amide bonds. The Labute approximate surface area is 115 Å². The number of aliphatic hydroxyl groups is 2. The molecule has 1 aliphatic rings. The maximum atomic E-state index is 9.02. The zero-order valence-corrected chi connectivity index (χ0v) is 11.0. The van der Waals surface area contributed by atoms with Crippen molar-refractivity contribution >= 4 is 23.5 Å². The van der Waals surface area contributed by atoms with Crippen molar-refractivity contribution in [2.45, 2.75) is 6.04 Å². The first-order valence-corrected chi connectivity index (χ1v) is 6.33. The number of halogens is 1. The van der Waals surface area contributed by atoms with Crippen LogP contribution in [-0.4, -0.2) is 70.7 Å². The van der Waals surface area contributed by atoms with Crippen LogP contribution in [0.25, 0.3) is 0 Å². The van der Waals surface area contributed by atoms with Gasteiger partial charge in [-0.1, -0.05) is 0 Å². The van der Waals surface area contributed by atoms with Crippen LogP contribution in [0, 0.1) is 0 Å². The van der Waals surface area contributed by atoms with Gasteiger partial charge in [-0.3, -0.25) is 0 Å². The molecule has 2 heterocycles. The molecular formula is C10H16ClN5O3. The lowest BCUT2D eigenvalue weighted by molar-refractivity contribution is 0.122. The molecule has 1 fully saturated rings. The van der Waals surface area contributed by atoms with Gasteiger partial charge in [0.25, 0.3) is 0 Å². The Kier molecular flexibility index (Phi) is 5.08. The molecular weight excluding hydrogens is 274 g/mol. The molecule has 19 heavy (non-hydrogen) atoms. The van der Waals surface area contributed by atoms with Gasteiger partial charge in [0.05, 0.1) is 32.5 Å². The number of aromatic nitrogens is 3. The van der Waals surface area contributed by atoms with E-state index >= 15 is 0 Å². The van der Waals surface area contributed by atoms with Gasteiger partial charge in [-0.2, -0.15) is 15.0 Å². The van der Waals surface area contributed by atoms with Crippen LogP contribution in [0.15, 0.2) is 0 Å². The predicted octanol–water partition coefficient (Wildman–Crippen LogP) is -0.873. The van der Waals surface area contributed by atoms with Crippen LogP contribution in [0.5, 0.6) is 0 Å². The van der Waals surface area contributed by atoms with Crippen LogP contribution in [0.1, 0.15) is 0 Å². The number of nitrogens with one attached hydrogen (secondary N) is 1. The van der Waals surface area contributed by atoms with E-state index in [9.17, 15) is 0 Å². The topological polar surface area (TPSA) is 104 Å². The number of rotatable bonds is 5. The van der Waals surface area contributed by atoms with Crippen LogP contribution in [0.2, 0.25) is 5.28 Å². The minimum absolute atomic E-state index is 0.0635. The van der Waals surface area contributed by atoms with Crippen molar-refractivity contribution in [2.75, 3.05) is 49.7 Å². The monoisotopic (exact) mass is 289 g/mol. The lowest BCUT2D eigenvalue weighted by Crippen LogP contribution is -2.38. The number of aliphatic hydroxyl groups excluding tert-OH is 2. The van der Waals surface area contributed by atoms with Crippen LogP contribution in [0.4, 0.5) is 11.9 Å². The molecule has 0 aliphatic carbocycles. The number of hydrogen-bond donors (Lipinski definition) is 3. The largest absolute Gasteiger partial charge is 0.394 e. The van der Waals surface area contributed by atoms with Crippen molar-refractivity contribution in [3.05, 3.63) is 5.28 Å². The van der Waals surface area contributed by atoms with E-state index in [4.69, 9.17) is 26.6 Å². The van der Waals surface area contributed by atoms with Crippen molar-refractivity contribution in [1.29, 1.82) is 0 Å². The molecule has 0 saturated carbocycles. The highest BCUT2D eigenvalue weighted by molar-refractivity contribution is 6.28. The zero-order valence-electron chi connectivity index (χ0n) is 10.3. The number of hydrogen-bond acceptors (Lipinski definition) is 8. The van der Waals surface area contributed by atoms with Gasteiger partial charge in [-0.05, 0) is 11.6 Å². The third-order valence-electron chi connectivity index (χ3n) is 2.66. The predicted molar refractivity (Wildman–Crippen MR) is 69.5 cm³/mol. The maximum absolute atomic E-state index is 9.02. The first-order chi connectivity index (χ1) is 9.22. The fraction of sp³-hybridized carbons (Fsp3) is 0.700. The third-order valence-corrected chi connectivity index (χ3v) is 2.83. The van der Waals surface area contributed by atoms with Gasteiger partial charge >= 0.3 is 0 Å².